The van der Waals surface area contributed by atoms with Crippen LogP contribution in [0.4, 0.5) is 5.69 Å². The highest BCUT2D eigenvalue weighted by atomic mass is 16.1. The van der Waals surface area contributed by atoms with E-state index in [4.69, 9.17) is 0 Å². The van der Waals surface area contributed by atoms with Gasteiger partial charge in [0, 0.05) is 29.1 Å². The smallest absolute Gasteiger partial charge is 0.255 e. The van der Waals surface area contributed by atoms with Gasteiger partial charge in [0.2, 0.25) is 0 Å². The summed E-state index contributed by atoms with van der Waals surface area (Å²) < 4.78 is 1.88. The van der Waals surface area contributed by atoms with Gasteiger partial charge in [-0.1, -0.05) is 42.5 Å². The Morgan fingerprint density at radius 2 is 1.70 bits per heavy atom. The number of hydrogen-bond donors (Lipinski definition) is 1. The number of rotatable bonds is 4. The lowest BCUT2D eigenvalue weighted by Crippen LogP contribution is -2.14. The van der Waals surface area contributed by atoms with Gasteiger partial charge in [-0.3, -0.25) is 9.59 Å². The minimum atomic E-state index is -0.282. The van der Waals surface area contributed by atoms with E-state index in [1.165, 1.54) is 6.92 Å². The Balaban J connectivity index is 1.64. The van der Waals surface area contributed by atoms with E-state index in [1.807, 2.05) is 40.9 Å². The fourth-order valence-corrected chi connectivity index (χ4v) is 2.96. The summed E-state index contributed by atoms with van der Waals surface area (Å²) in [5.41, 5.74) is 4.01. The summed E-state index contributed by atoms with van der Waals surface area (Å²) in [5, 5.41) is 2.81. The first-order chi connectivity index (χ1) is 13.1. The summed E-state index contributed by atoms with van der Waals surface area (Å²) in [7, 11) is 0. The molecule has 4 aromatic rings. The number of Topliss-reactive ketones (excluding diaryl/α,β-unsaturated/α-hetero) is 1. The third-order valence-electron chi connectivity index (χ3n) is 4.35. The predicted molar refractivity (Wildman–Crippen MR) is 105 cm³/mol. The summed E-state index contributed by atoms with van der Waals surface area (Å²) in [5.74, 6) is -0.377. The van der Waals surface area contributed by atoms with Gasteiger partial charge in [-0.05, 0) is 31.2 Å². The maximum Gasteiger partial charge on any atom is 0.255 e. The molecular weight excluding hydrogens is 338 g/mol. The van der Waals surface area contributed by atoms with E-state index in [0.29, 0.717) is 22.5 Å². The van der Waals surface area contributed by atoms with Gasteiger partial charge in [-0.15, -0.1) is 0 Å². The third kappa shape index (κ3) is 3.35. The molecule has 0 fully saturated rings. The molecule has 0 aliphatic rings. The molecule has 0 bridgehead atoms. The van der Waals surface area contributed by atoms with Crippen molar-refractivity contribution in [3.8, 4) is 11.3 Å². The van der Waals surface area contributed by atoms with E-state index in [0.717, 1.165) is 11.3 Å². The molecule has 5 nitrogen and oxygen atoms in total. The first-order valence-corrected chi connectivity index (χ1v) is 8.57. The van der Waals surface area contributed by atoms with Crippen molar-refractivity contribution in [3.05, 3.63) is 90.3 Å². The van der Waals surface area contributed by atoms with Gasteiger partial charge in [0.25, 0.3) is 5.91 Å². The first kappa shape index (κ1) is 16.7. The molecule has 1 N–H and O–H groups in total. The van der Waals surface area contributed by atoms with Gasteiger partial charge in [-0.25, -0.2) is 4.98 Å². The Hall–Kier alpha value is -3.73. The number of nitrogens with zero attached hydrogens (tertiary/aromatic N) is 2. The molecule has 5 heteroatoms. The Kier molecular flexibility index (Phi) is 4.26. The highest BCUT2D eigenvalue weighted by molar-refractivity contribution is 6.09. The number of nitrogens with one attached hydrogen (secondary N) is 1. The maximum absolute atomic E-state index is 12.6. The van der Waals surface area contributed by atoms with Gasteiger partial charge in [0.15, 0.2) is 5.78 Å². The summed E-state index contributed by atoms with van der Waals surface area (Å²) >= 11 is 0. The second-order valence-corrected chi connectivity index (χ2v) is 6.23. The monoisotopic (exact) mass is 355 g/mol. The number of para-hydroxylation sites is 1. The Bertz CT molecular complexity index is 1150. The number of pyridine rings is 1. The molecule has 2 heterocycles. The summed E-state index contributed by atoms with van der Waals surface area (Å²) in [6.45, 7) is 1.48. The molecule has 0 saturated heterocycles. The summed E-state index contributed by atoms with van der Waals surface area (Å²) in [4.78, 5) is 29.0. The minimum absolute atomic E-state index is 0.0953. The fraction of sp³-hybridized carbons (Fsp3) is 0.0455. The molecule has 0 saturated carbocycles. The third-order valence-corrected chi connectivity index (χ3v) is 4.35. The van der Waals surface area contributed by atoms with Crippen molar-refractivity contribution in [2.45, 2.75) is 6.92 Å². The zero-order valence-corrected chi connectivity index (χ0v) is 14.7. The number of carbonyl (C=O) groups excluding carboxylic acids is 2. The lowest BCUT2D eigenvalue weighted by atomic mass is 10.1. The summed E-state index contributed by atoms with van der Waals surface area (Å²) in [6, 6.07) is 20.3. The summed E-state index contributed by atoms with van der Waals surface area (Å²) in [6.07, 6.45) is 3.73. The maximum atomic E-state index is 12.6. The van der Waals surface area contributed by atoms with Crippen LogP contribution in [0.2, 0.25) is 0 Å². The number of fused-ring (bicyclic) bond motifs is 1. The topological polar surface area (TPSA) is 63.5 Å². The SMILES string of the molecule is CC(=O)c1ccccc1NC(=O)c1ccn2cc(-c3ccccc3)nc2c1. The fourth-order valence-electron chi connectivity index (χ4n) is 2.96. The van der Waals surface area contributed by atoms with Crippen molar-refractivity contribution in [1.29, 1.82) is 0 Å². The number of hydrogen-bond acceptors (Lipinski definition) is 3. The number of anilines is 1. The molecular formula is C22H17N3O2. The molecule has 0 spiro atoms. The predicted octanol–water partition coefficient (Wildman–Crippen LogP) is 4.46. The molecule has 0 aliphatic heterocycles. The normalized spacial score (nSPS) is 10.7. The molecule has 4 rings (SSSR count). The van der Waals surface area contributed by atoms with Gasteiger partial charge in [0.05, 0.1) is 11.4 Å². The van der Waals surface area contributed by atoms with Crippen molar-refractivity contribution in [2.75, 3.05) is 5.32 Å². The van der Waals surface area contributed by atoms with E-state index >= 15 is 0 Å². The second-order valence-electron chi connectivity index (χ2n) is 6.23. The molecule has 2 aromatic carbocycles. The standard InChI is InChI=1S/C22H17N3O2/c1-15(26)18-9-5-6-10-19(18)24-22(27)17-11-12-25-14-20(23-21(25)13-17)16-7-3-2-4-8-16/h2-14H,1H3,(H,24,27). The molecule has 0 unspecified atom stereocenters. The molecule has 2 aromatic heterocycles. The van der Waals surface area contributed by atoms with Crippen molar-refractivity contribution in [1.82, 2.24) is 9.38 Å². The van der Waals surface area contributed by atoms with Crippen molar-refractivity contribution in [3.63, 3.8) is 0 Å². The zero-order valence-electron chi connectivity index (χ0n) is 14.7. The van der Waals surface area contributed by atoms with Crippen LogP contribution in [0.3, 0.4) is 0 Å². The highest BCUT2D eigenvalue weighted by Gasteiger charge is 2.13. The van der Waals surface area contributed by atoms with Gasteiger partial charge >= 0.3 is 0 Å². The van der Waals surface area contributed by atoms with E-state index in [1.54, 1.807) is 42.6 Å². The van der Waals surface area contributed by atoms with Gasteiger partial charge < -0.3 is 9.72 Å². The Labute approximate surface area is 156 Å². The van der Waals surface area contributed by atoms with Gasteiger partial charge in [0.1, 0.15) is 5.65 Å². The number of benzene rings is 2. The van der Waals surface area contributed by atoms with E-state index < -0.39 is 0 Å². The Morgan fingerprint density at radius 1 is 0.963 bits per heavy atom. The van der Waals surface area contributed by atoms with Crippen molar-refractivity contribution < 1.29 is 9.59 Å². The first-order valence-electron chi connectivity index (χ1n) is 8.57. The lowest BCUT2D eigenvalue weighted by Gasteiger charge is -2.09. The molecule has 1 amide bonds. The molecule has 0 atom stereocenters. The Morgan fingerprint density at radius 3 is 2.48 bits per heavy atom. The van der Waals surface area contributed by atoms with Crippen LogP contribution in [-0.4, -0.2) is 21.1 Å². The molecule has 132 valence electrons. The van der Waals surface area contributed by atoms with E-state index in [-0.39, 0.29) is 11.7 Å². The van der Waals surface area contributed by atoms with Gasteiger partial charge in [-0.2, -0.15) is 0 Å². The number of carbonyl (C=O) groups is 2. The molecule has 27 heavy (non-hydrogen) atoms. The van der Waals surface area contributed by atoms with Crippen LogP contribution >= 0.6 is 0 Å². The van der Waals surface area contributed by atoms with Crippen LogP contribution in [0, 0.1) is 0 Å². The minimum Gasteiger partial charge on any atom is -0.321 e. The molecule has 0 radical (unpaired) electrons. The van der Waals surface area contributed by atoms with E-state index in [9.17, 15) is 9.59 Å². The van der Waals surface area contributed by atoms with Crippen molar-refractivity contribution >= 4 is 23.0 Å². The largest absolute Gasteiger partial charge is 0.321 e. The molecule has 0 aliphatic carbocycles. The van der Waals surface area contributed by atoms with Crippen LogP contribution in [0.5, 0.6) is 0 Å². The number of imidazole rings is 1. The second kappa shape index (κ2) is 6.88. The number of ketones is 1. The van der Waals surface area contributed by atoms with Crippen molar-refractivity contribution in [2.24, 2.45) is 0 Å². The zero-order chi connectivity index (χ0) is 18.8. The van der Waals surface area contributed by atoms with Crippen LogP contribution in [0.25, 0.3) is 16.9 Å². The van der Waals surface area contributed by atoms with Crippen LogP contribution in [0.15, 0.2) is 79.1 Å². The van der Waals surface area contributed by atoms with Crippen LogP contribution in [0.1, 0.15) is 27.6 Å². The number of amides is 1. The average molecular weight is 355 g/mol. The average Bonchev–Trinajstić information content (AvgIpc) is 3.12. The number of aromatic nitrogens is 2. The van der Waals surface area contributed by atoms with Crippen LogP contribution in [-0.2, 0) is 0 Å². The van der Waals surface area contributed by atoms with Crippen LogP contribution < -0.4 is 5.32 Å². The lowest BCUT2D eigenvalue weighted by molar-refractivity contribution is 0.101. The highest BCUT2D eigenvalue weighted by Crippen LogP contribution is 2.20. The quantitative estimate of drug-likeness (QED) is 0.550. The van der Waals surface area contributed by atoms with E-state index in [2.05, 4.69) is 10.3 Å².